The molecule has 0 amide bonds. The van der Waals surface area contributed by atoms with Crippen molar-refractivity contribution in [2.45, 2.75) is 0 Å². The SMILES string of the molecule is [2H]c1c([2H])c([2H])c2c(-c3c(F)c(F)c(F)c(F)c3F)c3c([2H])c([2H])c([2H])c([2H])c3c(Br)c2c1[2H]. The standard InChI is InChI=1S/C20H8BrF5/c21-15-11-7-3-1-5-9(11)13(10-6-2-4-8-12(10)15)14-16(22)18(24)20(26)19(25)17(14)23/h1-8H/i1D,2D,3D,4D,5D,6D,7D,8D. The van der Waals surface area contributed by atoms with Crippen LogP contribution in [-0.4, -0.2) is 0 Å². The van der Waals surface area contributed by atoms with Crippen LogP contribution in [0.4, 0.5) is 22.0 Å². The number of fused-ring (bicyclic) bond motifs is 2. The van der Waals surface area contributed by atoms with Crippen molar-refractivity contribution in [3.8, 4) is 11.1 Å². The van der Waals surface area contributed by atoms with Crippen molar-refractivity contribution >= 4 is 37.5 Å². The van der Waals surface area contributed by atoms with Crippen molar-refractivity contribution < 1.29 is 32.9 Å². The molecule has 0 N–H and O–H groups in total. The van der Waals surface area contributed by atoms with Gasteiger partial charge in [0.2, 0.25) is 5.82 Å². The van der Waals surface area contributed by atoms with E-state index in [4.69, 9.17) is 11.0 Å². The zero-order chi connectivity index (χ0) is 25.5. The number of hydrogen-bond acceptors (Lipinski definition) is 0. The maximum Gasteiger partial charge on any atom is 0.200 e. The molecule has 0 radical (unpaired) electrons. The second-order valence-electron chi connectivity index (χ2n) is 5.13. The molecule has 0 fully saturated rings. The van der Waals surface area contributed by atoms with Gasteiger partial charge in [-0.25, -0.2) is 22.0 Å². The van der Waals surface area contributed by atoms with E-state index in [9.17, 15) is 22.0 Å². The Labute approximate surface area is 164 Å². The lowest BCUT2D eigenvalue weighted by molar-refractivity contribution is 0.381. The predicted octanol–water partition coefficient (Wildman–Crippen LogP) is 7.12. The van der Waals surface area contributed by atoms with E-state index in [1.54, 1.807) is 0 Å². The molecule has 0 aliphatic carbocycles. The molecule has 6 heteroatoms. The van der Waals surface area contributed by atoms with Crippen molar-refractivity contribution in [1.29, 1.82) is 0 Å². The van der Waals surface area contributed by atoms with E-state index in [-0.39, 0.29) is 4.47 Å². The van der Waals surface area contributed by atoms with Crippen LogP contribution in [0.3, 0.4) is 0 Å². The zero-order valence-corrected chi connectivity index (χ0v) is 13.9. The van der Waals surface area contributed by atoms with Crippen molar-refractivity contribution in [2.24, 2.45) is 0 Å². The molecule has 4 aromatic rings. The van der Waals surface area contributed by atoms with Crippen molar-refractivity contribution in [1.82, 2.24) is 0 Å². The molecule has 0 aromatic heterocycles. The Morgan fingerprint density at radius 2 is 0.885 bits per heavy atom. The van der Waals surface area contributed by atoms with Crippen molar-refractivity contribution in [3.63, 3.8) is 0 Å². The molecule has 4 rings (SSSR count). The average Bonchev–Trinajstić information content (AvgIpc) is 2.81. The summed E-state index contributed by atoms with van der Waals surface area (Å²) in [6.07, 6.45) is 0. The number of halogens is 6. The number of rotatable bonds is 1. The highest BCUT2D eigenvalue weighted by atomic mass is 79.9. The van der Waals surface area contributed by atoms with Crippen LogP contribution in [0.5, 0.6) is 0 Å². The second kappa shape index (κ2) is 6.06. The van der Waals surface area contributed by atoms with Crippen molar-refractivity contribution in [3.05, 3.63) is 81.9 Å². The summed E-state index contributed by atoms with van der Waals surface area (Å²) >= 11 is 3.06. The molecule has 0 saturated carbocycles. The molecular weight excluding hydrogens is 415 g/mol. The van der Waals surface area contributed by atoms with Gasteiger partial charge in [-0.15, -0.1) is 0 Å². The van der Waals surface area contributed by atoms with E-state index in [0.717, 1.165) is 0 Å². The Bertz CT molecular complexity index is 1500. The van der Waals surface area contributed by atoms with Gasteiger partial charge < -0.3 is 0 Å². The fourth-order valence-corrected chi connectivity index (χ4v) is 3.25. The maximum absolute atomic E-state index is 15.0. The zero-order valence-electron chi connectivity index (χ0n) is 20.3. The summed E-state index contributed by atoms with van der Waals surface area (Å²) in [5.41, 5.74) is -2.58. The molecule has 130 valence electrons. The van der Waals surface area contributed by atoms with Gasteiger partial charge >= 0.3 is 0 Å². The Morgan fingerprint density at radius 3 is 1.31 bits per heavy atom. The minimum Gasteiger partial charge on any atom is -0.203 e. The third-order valence-electron chi connectivity index (χ3n) is 3.77. The number of hydrogen-bond donors (Lipinski definition) is 0. The van der Waals surface area contributed by atoms with Gasteiger partial charge in [-0.3, -0.25) is 0 Å². The number of benzene rings is 4. The summed E-state index contributed by atoms with van der Waals surface area (Å²) in [7, 11) is 0. The Balaban J connectivity index is 2.55. The van der Waals surface area contributed by atoms with E-state index >= 15 is 0 Å². The Morgan fingerprint density at radius 1 is 0.538 bits per heavy atom. The molecule has 0 atom stereocenters. The molecular formula is C20H8BrF5. The van der Waals surface area contributed by atoms with Gasteiger partial charge in [0.05, 0.1) is 16.5 Å². The topological polar surface area (TPSA) is 0 Å². The van der Waals surface area contributed by atoms with Gasteiger partial charge in [0.1, 0.15) is 0 Å². The minimum absolute atomic E-state index is 0.274. The van der Waals surface area contributed by atoms with E-state index in [1.807, 2.05) is 0 Å². The highest BCUT2D eigenvalue weighted by Gasteiger charge is 2.29. The Hall–Kier alpha value is -2.47. The summed E-state index contributed by atoms with van der Waals surface area (Å²) in [5.74, 6) is -11.8. The van der Waals surface area contributed by atoms with Crippen LogP contribution in [-0.2, 0) is 0 Å². The molecule has 26 heavy (non-hydrogen) atoms. The van der Waals surface area contributed by atoms with Crippen LogP contribution in [0.2, 0.25) is 0 Å². The molecule has 0 aliphatic heterocycles. The lowest BCUT2D eigenvalue weighted by Crippen LogP contribution is -2.04. The maximum atomic E-state index is 15.0. The molecule has 0 heterocycles. The molecule has 0 spiro atoms. The lowest BCUT2D eigenvalue weighted by Gasteiger charge is -2.16. The van der Waals surface area contributed by atoms with E-state index in [2.05, 4.69) is 15.9 Å². The first-order valence-corrected chi connectivity index (χ1v) is 7.68. The fraction of sp³-hybridized carbons (Fsp3) is 0. The van der Waals surface area contributed by atoms with Crippen molar-refractivity contribution in [2.75, 3.05) is 0 Å². The van der Waals surface area contributed by atoms with E-state index < -0.39 is 110 Å². The smallest absolute Gasteiger partial charge is 0.200 e. The summed E-state index contributed by atoms with van der Waals surface area (Å²) in [6.45, 7) is 0. The van der Waals surface area contributed by atoms with Gasteiger partial charge in [-0.2, -0.15) is 0 Å². The first kappa shape index (κ1) is 10.0. The third kappa shape index (κ3) is 2.25. The van der Waals surface area contributed by atoms with Gasteiger partial charge in [-0.05, 0) is 37.5 Å². The van der Waals surface area contributed by atoms with E-state index in [0.29, 0.717) is 0 Å². The first-order valence-electron chi connectivity index (χ1n) is 10.9. The predicted molar refractivity (Wildman–Crippen MR) is 94.4 cm³/mol. The van der Waals surface area contributed by atoms with Crippen LogP contribution >= 0.6 is 15.9 Å². The van der Waals surface area contributed by atoms with Gasteiger partial charge in [0.25, 0.3) is 0 Å². The molecule has 0 unspecified atom stereocenters. The van der Waals surface area contributed by atoms with Crippen LogP contribution in [0.1, 0.15) is 11.0 Å². The van der Waals surface area contributed by atoms with Crippen LogP contribution in [0.25, 0.3) is 32.7 Å². The molecule has 0 saturated heterocycles. The monoisotopic (exact) mass is 430 g/mol. The second-order valence-corrected chi connectivity index (χ2v) is 5.93. The van der Waals surface area contributed by atoms with Gasteiger partial charge in [-0.1, -0.05) is 48.3 Å². The highest BCUT2D eigenvalue weighted by molar-refractivity contribution is 9.10. The first-order chi connectivity index (χ1) is 15.7. The molecule has 0 bridgehead atoms. The van der Waals surface area contributed by atoms with Crippen LogP contribution < -0.4 is 0 Å². The Kier molecular flexibility index (Phi) is 2.33. The minimum atomic E-state index is -2.46. The van der Waals surface area contributed by atoms with Gasteiger partial charge in [0.15, 0.2) is 23.3 Å². The normalized spacial score (nSPS) is 15.8. The summed E-state index contributed by atoms with van der Waals surface area (Å²) in [5, 5.41) is -2.33. The molecule has 0 nitrogen and oxygen atoms in total. The van der Waals surface area contributed by atoms with Crippen LogP contribution in [0, 0.1) is 29.1 Å². The lowest BCUT2D eigenvalue weighted by atomic mass is 9.91. The van der Waals surface area contributed by atoms with Crippen LogP contribution in [0.15, 0.2) is 52.8 Å². The summed E-state index contributed by atoms with van der Waals surface area (Å²) in [6, 6.07) is -6.72. The quantitative estimate of drug-likeness (QED) is 0.130. The average molecular weight is 431 g/mol. The highest BCUT2D eigenvalue weighted by Crippen LogP contribution is 2.44. The largest absolute Gasteiger partial charge is 0.203 e. The molecule has 4 aromatic carbocycles. The summed E-state index contributed by atoms with van der Waals surface area (Å²) in [4.78, 5) is 0. The third-order valence-corrected chi connectivity index (χ3v) is 4.57. The summed E-state index contributed by atoms with van der Waals surface area (Å²) < 4.78 is 136. The fourth-order valence-electron chi connectivity index (χ4n) is 2.65. The molecule has 0 aliphatic rings. The van der Waals surface area contributed by atoms with Gasteiger partial charge in [0, 0.05) is 10.0 Å². The van der Waals surface area contributed by atoms with E-state index in [1.165, 1.54) is 0 Å².